The van der Waals surface area contributed by atoms with Crippen LogP contribution in [0, 0.1) is 5.82 Å². The zero-order valence-electron chi connectivity index (χ0n) is 18.8. The molecule has 10 heteroatoms. The third kappa shape index (κ3) is 4.81. The fraction of sp³-hybridized carbons (Fsp3) is 0.120. The van der Waals surface area contributed by atoms with E-state index in [1.807, 2.05) is 0 Å². The van der Waals surface area contributed by atoms with E-state index >= 15 is 0 Å². The van der Waals surface area contributed by atoms with E-state index in [1.165, 1.54) is 48.1 Å². The van der Waals surface area contributed by atoms with E-state index in [2.05, 4.69) is 15.6 Å². The summed E-state index contributed by atoms with van der Waals surface area (Å²) in [6, 6.07) is 14.5. The zero-order chi connectivity index (χ0) is 25.1. The van der Waals surface area contributed by atoms with Crippen molar-refractivity contribution in [2.75, 3.05) is 17.7 Å². The number of aryl methyl sites for hydroxylation is 1. The van der Waals surface area contributed by atoms with E-state index in [0.717, 1.165) is 6.07 Å². The monoisotopic (exact) mass is 476 g/mol. The highest BCUT2D eigenvalue weighted by Gasteiger charge is 2.14. The lowest BCUT2D eigenvalue weighted by molar-refractivity contribution is 0.101. The summed E-state index contributed by atoms with van der Waals surface area (Å²) >= 11 is 0. The molecule has 178 valence electrons. The molecule has 0 saturated carbocycles. The Morgan fingerprint density at radius 2 is 1.71 bits per heavy atom. The average Bonchev–Trinajstić information content (AvgIpc) is 2.84. The number of rotatable bonds is 6. The van der Waals surface area contributed by atoms with E-state index in [9.17, 15) is 23.6 Å². The van der Waals surface area contributed by atoms with Gasteiger partial charge < -0.3 is 24.9 Å². The Labute approximate surface area is 198 Å². The number of aromatic amines is 1. The van der Waals surface area contributed by atoms with Crippen LogP contribution in [0.15, 0.2) is 70.3 Å². The van der Waals surface area contributed by atoms with Crippen LogP contribution in [-0.2, 0) is 6.54 Å². The molecule has 0 atom stereocenters. The summed E-state index contributed by atoms with van der Waals surface area (Å²) in [5.41, 5.74) is 0.413. The second kappa shape index (κ2) is 9.64. The molecule has 1 heterocycles. The van der Waals surface area contributed by atoms with Gasteiger partial charge in [0, 0.05) is 23.4 Å². The number of carbonyl (C=O) groups excluding carboxylic acids is 2. The minimum absolute atomic E-state index is 0.122. The van der Waals surface area contributed by atoms with Gasteiger partial charge in [0.25, 0.3) is 11.8 Å². The molecule has 0 spiro atoms. The summed E-state index contributed by atoms with van der Waals surface area (Å²) in [6.07, 6.45) is 0. The largest absolute Gasteiger partial charge is 0.495 e. The maximum Gasteiger partial charge on any atom is 0.316 e. The highest BCUT2D eigenvalue weighted by Crippen LogP contribution is 2.29. The van der Waals surface area contributed by atoms with Gasteiger partial charge in [-0.05, 0) is 61.5 Å². The molecule has 0 aliphatic carbocycles. The molecule has 0 aliphatic rings. The molecule has 0 saturated heterocycles. The van der Waals surface area contributed by atoms with Crippen LogP contribution in [-0.4, -0.2) is 28.5 Å². The molecule has 4 aromatic rings. The predicted molar refractivity (Wildman–Crippen MR) is 130 cm³/mol. The average molecular weight is 476 g/mol. The number of nitrogens with zero attached hydrogens (tertiary/aromatic N) is 1. The Morgan fingerprint density at radius 3 is 2.43 bits per heavy atom. The Morgan fingerprint density at radius 1 is 0.971 bits per heavy atom. The molecule has 0 unspecified atom stereocenters. The van der Waals surface area contributed by atoms with E-state index in [4.69, 9.17) is 4.74 Å². The lowest BCUT2D eigenvalue weighted by Gasteiger charge is -2.13. The molecule has 4 rings (SSSR count). The van der Waals surface area contributed by atoms with Gasteiger partial charge in [-0.1, -0.05) is 6.07 Å². The summed E-state index contributed by atoms with van der Waals surface area (Å²) in [7, 11) is 1.43. The van der Waals surface area contributed by atoms with Crippen molar-refractivity contribution in [3.05, 3.63) is 98.3 Å². The van der Waals surface area contributed by atoms with Crippen molar-refractivity contribution in [3.8, 4) is 5.75 Å². The first-order chi connectivity index (χ1) is 16.8. The van der Waals surface area contributed by atoms with Crippen LogP contribution in [0.3, 0.4) is 0 Å². The number of carbonyl (C=O) groups is 2. The van der Waals surface area contributed by atoms with Gasteiger partial charge in [0.2, 0.25) is 0 Å². The molecule has 0 fully saturated rings. The van der Waals surface area contributed by atoms with Gasteiger partial charge in [0.15, 0.2) is 0 Å². The number of hydrogen-bond acceptors (Lipinski definition) is 5. The third-order valence-corrected chi connectivity index (χ3v) is 5.35. The first-order valence-corrected chi connectivity index (χ1v) is 10.6. The number of benzene rings is 3. The van der Waals surface area contributed by atoms with Gasteiger partial charge >= 0.3 is 11.1 Å². The summed E-state index contributed by atoms with van der Waals surface area (Å²) in [6.45, 7) is 2.05. The molecule has 9 nitrogen and oxygen atoms in total. The number of ether oxygens (including phenoxy) is 1. The minimum atomic E-state index is -0.772. The van der Waals surface area contributed by atoms with Gasteiger partial charge in [-0.2, -0.15) is 0 Å². The smallest absolute Gasteiger partial charge is 0.316 e. The molecule has 3 aromatic carbocycles. The van der Waals surface area contributed by atoms with E-state index in [1.54, 1.807) is 25.1 Å². The molecule has 0 aliphatic heterocycles. The molecule has 0 radical (unpaired) electrons. The van der Waals surface area contributed by atoms with E-state index in [-0.39, 0.29) is 16.8 Å². The highest BCUT2D eigenvalue weighted by molar-refractivity contribution is 6.08. The van der Waals surface area contributed by atoms with Crippen LogP contribution in [0.4, 0.5) is 15.8 Å². The quantitative estimate of drug-likeness (QED) is 0.369. The number of H-pyrrole nitrogens is 1. The van der Waals surface area contributed by atoms with Gasteiger partial charge in [-0.3, -0.25) is 19.2 Å². The standard InChI is InChI=1S/C25H21FN4O5/c1-3-30-20-9-7-15(12-18(20)28-24(33)25(30)34)22(31)27-17-8-10-21(35-2)19(13-17)29-23(32)14-5-4-6-16(26)11-14/h4-13H,3H2,1-2H3,(H,27,31)(H,28,33)(H,29,32). The summed E-state index contributed by atoms with van der Waals surface area (Å²) in [4.78, 5) is 51.9. The minimum Gasteiger partial charge on any atom is -0.495 e. The van der Waals surface area contributed by atoms with Gasteiger partial charge in [-0.25, -0.2) is 4.39 Å². The van der Waals surface area contributed by atoms with Crippen molar-refractivity contribution >= 4 is 34.2 Å². The summed E-state index contributed by atoms with van der Waals surface area (Å²) in [5.74, 6) is -1.23. The number of nitrogens with one attached hydrogen (secondary N) is 3. The highest BCUT2D eigenvalue weighted by atomic mass is 19.1. The van der Waals surface area contributed by atoms with Crippen molar-refractivity contribution < 1.29 is 18.7 Å². The van der Waals surface area contributed by atoms with Crippen LogP contribution in [0.2, 0.25) is 0 Å². The van der Waals surface area contributed by atoms with Crippen molar-refractivity contribution in [2.24, 2.45) is 0 Å². The topological polar surface area (TPSA) is 122 Å². The predicted octanol–water partition coefficient (Wildman–Crippen LogP) is 3.36. The lowest BCUT2D eigenvalue weighted by atomic mass is 10.1. The summed E-state index contributed by atoms with van der Waals surface area (Å²) in [5, 5.41) is 5.38. The lowest BCUT2D eigenvalue weighted by Crippen LogP contribution is -2.36. The van der Waals surface area contributed by atoms with Gasteiger partial charge in [0.05, 0.1) is 23.8 Å². The van der Waals surface area contributed by atoms with Crippen LogP contribution < -0.4 is 26.5 Å². The van der Waals surface area contributed by atoms with E-state index in [0.29, 0.717) is 29.0 Å². The molecular weight excluding hydrogens is 455 g/mol. The second-order valence-electron chi connectivity index (χ2n) is 7.57. The summed E-state index contributed by atoms with van der Waals surface area (Å²) < 4.78 is 20.1. The Bertz CT molecular complexity index is 1570. The third-order valence-electron chi connectivity index (χ3n) is 5.35. The van der Waals surface area contributed by atoms with Crippen molar-refractivity contribution in [1.82, 2.24) is 9.55 Å². The van der Waals surface area contributed by atoms with Gasteiger partial charge in [-0.15, -0.1) is 0 Å². The molecule has 2 amide bonds. The number of halogens is 1. The SMILES string of the molecule is CCn1c(=O)c(=O)[nH]c2cc(C(=O)Nc3ccc(OC)c(NC(=O)c4cccc(F)c4)c3)ccc21. The molecule has 35 heavy (non-hydrogen) atoms. The Kier molecular flexibility index (Phi) is 6.45. The van der Waals surface area contributed by atoms with Crippen LogP contribution in [0.5, 0.6) is 5.75 Å². The number of methoxy groups -OCH3 is 1. The maximum atomic E-state index is 13.5. The van der Waals surface area contributed by atoms with Crippen LogP contribution >= 0.6 is 0 Å². The van der Waals surface area contributed by atoms with Crippen molar-refractivity contribution in [3.63, 3.8) is 0 Å². The fourth-order valence-corrected chi connectivity index (χ4v) is 3.65. The molecule has 1 aromatic heterocycles. The molecule has 3 N–H and O–H groups in total. The Hall–Kier alpha value is -4.73. The normalized spacial score (nSPS) is 10.7. The maximum absolute atomic E-state index is 13.5. The first-order valence-electron chi connectivity index (χ1n) is 10.6. The first kappa shape index (κ1) is 23.4. The number of anilines is 2. The number of hydrogen-bond donors (Lipinski definition) is 3. The second-order valence-corrected chi connectivity index (χ2v) is 7.57. The Balaban J connectivity index is 1.60. The van der Waals surface area contributed by atoms with Crippen molar-refractivity contribution in [2.45, 2.75) is 13.5 Å². The molecule has 0 bridgehead atoms. The van der Waals surface area contributed by atoms with Crippen LogP contribution in [0.25, 0.3) is 11.0 Å². The van der Waals surface area contributed by atoms with Crippen LogP contribution in [0.1, 0.15) is 27.6 Å². The number of aromatic nitrogens is 2. The number of amides is 2. The fourth-order valence-electron chi connectivity index (χ4n) is 3.65. The van der Waals surface area contributed by atoms with E-state index < -0.39 is 28.8 Å². The van der Waals surface area contributed by atoms with Gasteiger partial charge in [0.1, 0.15) is 11.6 Å². The zero-order valence-corrected chi connectivity index (χ0v) is 18.8. The molecular formula is C25H21FN4O5. The van der Waals surface area contributed by atoms with Crippen molar-refractivity contribution in [1.29, 1.82) is 0 Å². The number of fused-ring (bicyclic) bond motifs is 1.